The molecule has 98 valence electrons. The third-order valence-electron chi connectivity index (χ3n) is 4.78. The van der Waals surface area contributed by atoms with Crippen molar-refractivity contribution in [1.29, 1.82) is 0 Å². The van der Waals surface area contributed by atoms with Gasteiger partial charge in [0.25, 0.3) is 0 Å². The number of aryl methyl sites for hydroxylation is 1. The van der Waals surface area contributed by atoms with Crippen LogP contribution in [0.3, 0.4) is 0 Å². The molecule has 1 saturated heterocycles. The zero-order chi connectivity index (χ0) is 13.0. The standard InChI is InChI=1S/C16H17NO2/c1-10-6-15(18)13-7-11(2-3-14(13)17-10)16-4-5-19-9-12(16)8-16/h2-3,6-7,12H,4-5,8-9H2,1H3,(H,17,18). The summed E-state index contributed by atoms with van der Waals surface area (Å²) < 4.78 is 5.53. The molecule has 2 aliphatic rings. The Bertz CT molecular complexity index is 718. The highest BCUT2D eigenvalue weighted by molar-refractivity contribution is 5.79. The van der Waals surface area contributed by atoms with Gasteiger partial charge in [-0.15, -0.1) is 0 Å². The molecule has 4 rings (SSSR count). The lowest BCUT2D eigenvalue weighted by molar-refractivity contribution is 0.0803. The van der Waals surface area contributed by atoms with E-state index >= 15 is 0 Å². The summed E-state index contributed by atoms with van der Waals surface area (Å²) >= 11 is 0. The van der Waals surface area contributed by atoms with E-state index in [2.05, 4.69) is 23.2 Å². The maximum Gasteiger partial charge on any atom is 0.189 e. The molecule has 2 unspecified atom stereocenters. The second-order valence-corrected chi connectivity index (χ2v) is 5.96. The van der Waals surface area contributed by atoms with Crippen LogP contribution in [0.15, 0.2) is 29.1 Å². The Hall–Kier alpha value is -1.61. The number of nitrogens with one attached hydrogen (secondary N) is 1. The molecule has 3 heteroatoms. The van der Waals surface area contributed by atoms with E-state index in [4.69, 9.17) is 4.74 Å². The van der Waals surface area contributed by atoms with Crippen LogP contribution in [0.4, 0.5) is 0 Å². The highest BCUT2D eigenvalue weighted by atomic mass is 16.5. The number of fused-ring (bicyclic) bond motifs is 2. The molecule has 0 spiro atoms. The van der Waals surface area contributed by atoms with Crippen molar-refractivity contribution in [3.63, 3.8) is 0 Å². The molecule has 1 aliphatic heterocycles. The molecule has 1 aromatic heterocycles. The zero-order valence-corrected chi connectivity index (χ0v) is 11.0. The highest BCUT2D eigenvalue weighted by Gasteiger charge is 2.56. The number of H-pyrrole nitrogens is 1. The molecule has 0 bridgehead atoms. The largest absolute Gasteiger partial charge is 0.381 e. The number of pyridine rings is 1. The summed E-state index contributed by atoms with van der Waals surface area (Å²) in [6.07, 6.45) is 2.30. The van der Waals surface area contributed by atoms with Crippen molar-refractivity contribution >= 4 is 10.9 Å². The van der Waals surface area contributed by atoms with Gasteiger partial charge in [0.2, 0.25) is 0 Å². The van der Waals surface area contributed by atoms with Gasteiger partial charge in [0.15, 0.2) is 5.43 Å². The number of aromatic amines is 1. The first-order valence-corrected chi connectivity index (χ1v) is 6.91. The average molecular weight is 255 g/mol. The summed E-state index contributed by atoms with van der Waals surface area (Å²) in [7, 11) is 0. The fourth-order valence-corrected chi connectivity index (χ4v) is 3.57. The fourth-order valence-electron chi connectivity index (χ4n) is 3.57. The quantitative estimate of drug-likeness (QED) is 0.850. The number of ether oxygens (including phenoxy) is 1. The number of aromatic nitrogens is 1. The van der Waals surface area contributed by atoms with Gasteiger partial charge in [-0.1, -0.05) is 6.07 Å². The Morgan fingerprint density at radius 3 is 3.11 bits per heavy atom. The molecule has 2 fully saturated rings. The molecule has 19 heavy (non-hydrogen) atoms. The Morgan fingerprint density at radius 1 is 1.37 bits per heavy atom. The molecule has 0 radical (unpaired) electrons. The van der Waals surface area contributed by atoms with Crippen LogP contribution in [0.1, 0.15) is 24.1 Å². The van der Waals surface area contributed by atoms with E-state index in [0.717, 1.165) is 36.2 Å². The van der Waals surface area contributed by atoms with E-state index in [1.54, 1.807) is 6.07 Å². The van der Waals surface area contributed by atoms with E-state index in [1.165, 1.54) is 12.0 Å². The van der Waals surface area contributed by atoms with Crippen molar-refractivity contribution in [1.82, 2.24) is 4.98 Å². The van der Waals surface area contributed by atoms with E-state index in [-0.39, 0.29) is 5.43 Å². The summed E-state index contributed by atoms with van der Waals surface area (Å²) in [5, 5.41) is 0.814. The Balaban J connectivity index is 1.87. The minimum absolute atomic E-state index is 0.119. The van der Waals surface area contributed by atoms with E-state index in [0.29, 0.717) is 11.3 Å². The highest BCUT2D eigenvalue weighted by Crippen LogP contribution is 2.58. The van der Waals surface area contributed by atoms with Crippen molar-refractivity contribution in [2.75, 3.05) is 13.2 Å². The number of hydrogen-bond acceptors (Lipinski definition) is 2. The first kappa shape index (κ1) is 11.2. The normalized spacial score (nSPS) is 29.2. The van der Waals surface area contributed by atoms with E-state index < -0.39 is 0 Å². The molecule has 1 aliphatic carbocycles. The molecular formula is C16H17NO2. The molecule has 2 aromatic rings. The zero-order valence-electron chi connectivity index (χ0n) is 11.0. The predicted molar refractivity (Wildman–Crippen MR) is 74.5 cm³/mol. The molecule has 0 amide bonds. The maximum atomic E-state index is 12.1. The predicted octanol–water partition coefficient (Wildman–Crippen LogP) is 2.51. The van der Waals surface area contributed by atoms with Crippen LogP contribution < -0.4 is 5.43 Å². The number of hydrogen-bond donors (Lipinski definition) is 1. The van der Waals surface area contributed by atoms with Gasteiger partial charge >= 0.3 is 0 Å². The van der Waals surface area contributed by atoms with Crippen LogP contribution in [0.2, 0.25) is 0 Å². The smallest absolute Gasteiger partial charge is 0.189 e. The van der Waals surface area contributed by atoms with Gasteiger partial charge < -0.3 is 9.72 Å². The Kier molecular flexibility index (Phi) is 2.19. The van der Waals surface area contributed by atoms with Crippen LogP contribution in [-0.2, 0) is 10.2 Å². The van der Waals surface area contributed by atoms with Gasteiger partial charge in [-0.05, 0) is 43.4 Å². The molecular weight excluding hydrogens is 238 g/mol. The molecule has 1 aromatic carbocycles. The second kappa shape index (κ2) is 3.70. The molecule has 2 atom stereocenters. The van der Waals surface area contributed by atoms with Crippen molar-refractivity contribution in [2.45, 2.75) is 25.2 Å². The molecule has 2 heterocycles. The van der Waals surface area contributed by atoms with Gasteiger partial charge in [0.05, 0.1) is 6.61 Å². The van der Waals surface area contributed by atoms with Gasteiger partial charge in [0.1, 0.15) is 0 Å². The minimum atomic E-state index is 0.119. The fraction of sp³-hybridized carbons (Fsp3) is 0.438. The van der Waals surface area contributed by atoms with Crippen LogP contribution in [0, 0.1) is 12.8 Å². The summed E-state index contributed by atoms with van der Waals surface area (Å²) in [5.41, 5.74) is 3.59. The van der Waals surface area contributed by atoms with Crippen LogP contribution in [0.25, 0.3) is 10.9 Å². The lowest BCUT2D eigenvalue weighted by atomic mass is 9.88. The SMILES string of the molecule is Cc1cc(=O)c2cc(C34CCOCC3C4)ccc2[nH]1. The number of rotatable bonds is 1. The average Bonchev–Trinajstić information content (AvgIpc) is 3.14. The third kappa shape index (κ3) is 1.58. The van der Waals surface area contributed by atoms with Gasteiger partial charge in [-0.25, -0.2) is 0 Å². The van der Waals surface area contributed by atoms with E-state index in [9.17, 15) is 4.79 Å². The second-order valence-electron chi connectivity index (χ2n) is 5.96. The topological polar surface area (TPSA) is 42.1 Å². The van der Waals surface area contributed by atoms with Crippen molar-refractivity contribution in [3.8, 4) is 0 Å². The summed E-state index contributed by atoms with van der Waals surface area (Å²) in [5.74, 6) is 0.656. The van der Waals surface area contributed by atoms with Crippen LogP contribution in [-0.4, -0.2) is 18.2 Å². The lowest BCUT2D eigenvalue weighted by Gasteiger charge is -2.23. The van der Waals surface area contributed by atoms with Crippen molar-refractivity contribution in [3.05, 3.63) is 45.7 Å². The van der Waals surface area contributed by atoms with Crippen molar-refractivity contribution in [2.24, 2.45) is 5.92 Å². The van der Waals surface area contributed by atoms with Gasteiger partial charge in [-0.2, -0.15) is 0 Å². The summed E-state index contributed by atoms with van der Waals surface area (Å²) in [6.45, 7) is 3.64. The Labute approximate surface area is 111 Å². The monoisotopic (exact) mass is 255 g/mol. The molecule has 1 N–H and O–H groups in total. The first-order chi connectivity index (χ1) is 9.19. The number of benzene rings is 1. The van der Waals surface area contributed by atoms with Crippen LogP contribution >= 0.6 is 0 Å². The van der Waals surface area contributed by atoms with Gasteiger partial charge in [-0.3, -0.25) is 4.79 Å². The van der Waals surface area contributed by atoms with Gasteiger partial charge in [0, 0.05) is 34.7 Å². The maximum absolute atomic E-state index is 12.1. The molecule has 1 saturated carbocycles. The lowest BCUT2D eigenvalue weighted by Crippen LogP contribution is -2.21. The van der Waals surface area contributed by atoms with Crippen LogP contribution in [0.5, 0.6) is 0 Å². The minimum Gasteiger partial charge on any atom is -0.381 e. The third-order valence-corrected chi connectivity index (χ3v) is 4.78. The molecule has 3 nitrogen and oxygen atoms in total. The van der Waals surface area contributed by atoms with E-state index in [1.807, 2.05) is 6.92 Å². The summed E-state index contributed by atoms with van der Waals surface area (Å²) in [6, 6.07) is 8.01. The first-order valence-electron chi connectivity index (χ1n) is 6.91. The Morgan fingerprint density at radius 2 is 2.26 bits per heavy atom. The summed E-state index contributed by atoms with van der Waals surface area (Å²) in [4.78, 5) is 15.4. The van der Waals surface area contributed by atoms with Crippen molar-refractivity contribution < 1.29 is 4.74 Å².